The Balaban J connectivity index is 2.54. The highest BCUT2D eigenvalue weighted by atomic mass is 35.5. The lowest BCUT2D eigenvalue weighted by Crippen LogP contribution is -2.23. The minimum Gasteiger partial charge on any atom is -0.380 e. The van der Waals surface area contributed by atoms with Gasteiger partial charge >= 0.3 is 0 Å². The van der Waals surface area contributed by atoms with E-state index in [9.17, 15) is 0 Å². The van der Waals surface area contributed by atoms with Gasteiger partial charge < -0.3 is 15.0 Å². The van der Waals surface area contributed by atoms with E-state index >= 15 is 0 Å². The van der Waals surface area contributed by atoms with E-state index in [0.717, 1.165) is 43.6 Å². The summed E-state index contributed by atoms with van der Waals surface area (Å²) in [5, 5.41) is 4.23. The molecule has 0 saturated heterocycles. The van der Waals surface area contributed by atoms with Crippen LogP contribution in [0.3, 0.4) is 0 Å². The molecule has 1 aromatic rings. The van der Waals surface area contributed by atoms with E-state index in [0.29, 0.717) is 5.92 Å². The second kappa shape index (κ2) is 9.22. The molecule has 1 rings (SSSR count). The summed E-state index contributed by atoms with van der Waals surface area (Å²) in [5.41, 5.74) is 2.27. The molecule has 3 nitrogen and oxygen atoms in total. The molecule has 0 unspecified atom stereocenters. The van der Waals surface area contributed by atoms with E-state index in [4.69, 9.17) is 16.3 Å². The summed E-state index contributed by atoms with van der Waals surface area (Å²) in [6, 6.07) is 6.26. The van der Waals surface area contributed by atoms with Crippen molar-refractivity contribution in [1.82, 2.24) is 5.32 Å². The van der Waals surface area contributed by atoms with Crippen LogP contribution >= 0.6 is 11.6 Å². The van der Waals surface area contributed by atoms with Gasteiger partial charge in [0.2, 0.25) is 0 Å². The number of halogens is 1. The molecule has 114 valence electrons. The van der Waals surface area contributed by atoms with Crippen molar-refractivity contribution in [2.45, 2.75) is 27.3 Å². The largest absolute Gasteiger partial charge is 0.380 e. The van der Waals surface area contributed by atoms with E-state index in [1.54, 1.807) is 0 Å². The van der Waals surface area contributed by atoms with Crippen molar-refractivity contribution < 1.29 is 4.74 Å². The van der Waals surface area contributed by atoms with Gasteiger partial charge in [0, 0.05) is 26.7 Å². The summed E-state index contributed by atoms with van der Waals surface area (Å²) in [4.78, 5) is 2.13. The monoisotopic (exact) mass is 298 g/mol. The van der Waals surface area contributed by atoms with Crippen LogP contribution in [0.1, 0.15) is 26.3 Å². The molecule has 20 heavy (non-hydrogen) atoms. The Hall–Kier alpha value is -0.770. The first-order chi connectivity index (χ1) is 9.54. The van der Waals surface area contributed by atoms with Crippen molar-refractivity contribution >= 4 is 17.3 Å². The van der Waals surface area contributed by atoms with Gasteiger partial charge in [0.25, 0.3) is 0 Å². The minimum atomic E-state index is 0.662. The van der Waals surface area contributed by atoms with Gasteiger partial charge in [-0.25, -0.2) is 0 Å². The first kappa shape index (κ1) is 17.3. The van der Waals surface area contributed by atoms with Gasteiger partial charge in [-0.1, -0.05) is 31.5 Å². The quantitative estimate of drug-likeness (QED) is 0.706. The summed E-state index contributed by atoms with van der Waals surface area (Å²) < 4.78 is 5.37. The number of rotatable bonds is 9. The first-order valence-electron chi connectivity index (χ1n) is 7.32. The Bertz CT molecular complexity index is 396. The molecule has 0 aliphatic carbocycles. The van der Waals surface area contributed by atoms with Crippen molar-refractivity contribution in [1.29, 1.82) is 0 Å². The van der Waals surface area contributed by atoms with Crippen LogP contribution in [0.25, 0.3) is 0 Å². The Morgan fingerprint density at radius 3 is 2.70 bits per heavy atom. The maximum atomic E-state index is 6.37. The van der Waals surface area contributed by atoms with Gasteiger partial charge in [-0.05, 0) is 37.1 Å². The zero-order valence-corrected chi connectivity index (χ0v) is 13.8. The Labute approximate surface area is 128 Å². The Kier molecular flexibility index (Phi) is 7.97. The highest BCUT2D eigenvalue weighted by Gasteiger charge is 2.07. The number of nitrogens with zero attached hydrogens (tertiary/aromatic N) is 1. The number of nitrogens with one attached hydrogen (secondary N) is 1. The number of anilines is 1. The van der Waals surface area contributed by atoms with Gasteiger partial charge in [-0.15, -0.1) is 0 Å². The van der Waals surface area contributed by atoms with Crippen LogP contribution in [0.4, 0.5) is 5.69 Å². The fraction of sp³-hybridized carbons (Fsp3) is 0.625. The molecular weight excluding hydrogens is 272 g/mol. The molecule has 0 spiro atoms. The van der Waals surface area contributed by atoms with Crippen molar-refractivity contribution in [3.8, 4) is 0 Å². The van der Waals surface area contributed by atoms with E-state index < -0.39 is 0 Å². The van der Waals surface area contributed by atoms with Gasteiger partial charge in [0.1, 0.15) is 0 Å². The number of likely N-dealkylation sites (N-methyl/N-ethyl adjacent to an activating group) is 1. The van der Waals surface area contributed by atoms with Crippen LogP contribution in [0.2, 0.25) is 5.02 Å². The second-order valence-electron chi connectivity index (χ2n) is 5.43. The van der Waals surface area contributed by atoms with Crippen molar-refractivity contribution in [2.75, 3.05) is 38.3 Å². The predicted molar refractivity (Wildman–Crippen MR) is 87.8 cm³/mol. The maximum Gasteiger partial charge on any atom is 0.0642 e. The first-order valence-corrected chi connectivity index (χ1v) is 7.70. The van der Waals surface area contributed by atoms with Crippen molar-refractivity contribution in [3.05, 3.63) is 28.8 Å². The molecule has 0 heterocycles. The van der Waals surface area contributed by atoms with Crippen molar-refractivity contribution in [2.24, 2.45) is 5.92 Å². The van der Waals surface area contributed by atoms with Crippen LogP contribution in [-0.4, -0.2) is 33.4 Å². The second-order valence-corrected chi connectivity index (χ2v) is 5.84. The van der Waals surface area contributed by atoms with E-state index in [1.807, 2.05) is 20.0 Å². The molecule has 0 aliphatic rings. The third-order valence-corrected chi connectivity index (χ3v) is 3.38. The third-order valence-electron chi connectivity index (χ3n) is 3.08. The molecule has 0 atom stereocenters. The van der Waals surface area contributed by atoms with Gasteiger partial charge in [0.15, 0.2) is 0 Å². The van der Waals surface area contributed by atoms with E-state index in [-0.39, 0.29) is 0 Å². The number of benzene rings is 1. The Morgan fingerprint density at radius 2 is 2.10 bits per heavy atom. The average Bonchev–Trinajstić information content (AvgIpc) is 2.38. The lowest BCUT2D eigenvalue weighted by Gasteiger charge is -2.21. The van der Waals surface area contributed by atoms with Crippen LogP contribution in [0.5, 0.6) is 0 Å². The Morgan fingerprint density at radius 1 is 1.35 bits per heavy atom. The summed E-state index contributed by atoms with van der Waals surface area (Å²) in [5.74, 6) is 0.662. The number of ether oxygens (including phenoxy) is 1. The average molecular weight is 299 g/mol. The van der Waals surface area contributed by atoms with Crippen molar-refractivity contribution in [3.63, 3.8) is 0 Å². The summed E-state index contributed by atoms with van der Waals surface area (Å²) in [6.45, 7) is 10.6. The van der Waals surface area contributed by atoms with Crippen LogP contribution in [0, 0.1) is 5.92 Å². The summed E-state index contributed by atoms with van der Waals surface area (Å²) in [6.07, 6.45) is 0. The molecule has 4 heteroatoms. The molecule has 0 amide bonds. The zero-order chi connectivity index (χ0) is 15.0. The zero-order valence-electron chi connectivity index (χ0n) is 13.1. The molecule has 0 fully saturated rings. The normalized spacial score (nSPS) is 11.1. The number of hydrogen-bond acceptors (Lipinski definition) is 3. The van der Waals surface area contributed by atoms with Crippen LogP contribution < -0.4 is 10.2 Å². The predicted octanol–water partition coefficient (Wildman–Crippen LogP) is 3.56. The molecule has 0 saturated carbocycles. The summed E-state index contributed by atoms with van der Waals surface area (Å²) >= 11 is 6.37. The van der Waals surface area contributed by atoms with Gasteiger partial charge in [-0.3, -0.25) is 0 Å². The lowest BCUT2D eigenvalue weighted by molar-refractivity contribution is 0.154. The van der Waals surface area contributed by atoms with Crippen LogP contribution in [-0.2, 0) is 11.3 Å². The molecule has 0 aromatic heterocycles. The standard InChI is InChI=1S/C16H27ClN2O/c1-5-20-9-8-19(4)16-7-6-14(10-15(16)17)12-18-11-13(2)3/h6-7,10,13,18H,5,8-9,11-12H2,1-4H3. The smallest absolute Gasteiger partial charge is 0.0642 e. The fourth-order valence-electron chi connectivity index (χ4n) is 1.94. The molecule has 0 bridgehead atoms. The van der Waals surface area contributed by atoms with Crippen LogP contribution in [0.15, 0.2) is 18.2 Å². The lowest BCUT2D eigenvalue weighted by atomic mass is 10.1. The molecule has 1 N–H and O–H groups in total. The SMILES string of the molecule is CCOCCN(C)c1ccc(CNCC(C)C)cc1Cl. The van der Waals surface area contributed by atoms with Gasteiger partial charge in [0.05, 0.1) is 17.3 Å². The molecule has 1 aromatic carbocycles. The molecule has 0 radical (unpaired) electrons. The maximum absolute atomic E-state index is 6.37. The number of hydrogen-bond donors (Lipinski definition) is 1. The van der Waals surface area contributed by atoms with Gasteiger partial charge in [-0.2, -0.15) is 0 Å². The summed E-state index contributed by atoms with van der Waals surface area (Å²) in [7, 11) is 2.04. The highest BCUT2D eigenvalue weighted by molar-refractivity contribution is 6.33. The topological polar surface area (TPSA) is 24.5 Å². The minimum absolute atomic E-state index is 0.662. The fourth-order valence-corrected chi connectivity index (χ4v) is 2.29. The van der Waals surface area contributed by atoms with E-state index in [2.05, 4.69) is 36.2 Å². The highest BCUT2D eigenvalue weighted by Crippen LogP contribution is 2.25. The molecule has 0 aliphatic heterocycles. The molecular formula is C16H27ClN2O. The third kappa shape index (κ3) is 6.12. The van der Waals surface area contributed by atoms with E-state index in [1.165, 1.54) is 5.56 Å².